The molecular weight excluding hydrogens is 192 g/mol. The molecular formula is C12H26O3. The van der Waals surface area contributed by atoms with E-state index in [0.29, 0.717) is 19.1 Å². The highest BCUT2D eigenvalue weighted by atomic mass is 16.7. The average molecular weight is 218 g/mol. The summed E-state index contributed by atoms with van der Waals surface area (Å²) in [6.07, 6.45) is 1.56. The van der Waals surface area contributed by atoms with Gasteiger partial charge in [0.05, 0.1) is 6.61 Å². The topological polar surface area (TPSA) is 38.7 Å². The maximum Gasteiger partial charge on any atom is 0.185 e. The van der Waals surface area contributed by atoms with Gasteiger partial charge in [0.15, 0.2) is 6.29 Å². The van der Waals surface area contributed by atoms with Gasteiger partial charge in [-0.1, -0.05) is 27.2 Å². The highest BCUT2D eigenvalue weighted by Gasteiger charge is 2.28. The molecule has 0 spiro atoms. The highest BCUT2D eigenvalue weighted by Crippen LogP contribution is 2.15. The smallest absolute Gasteiger partial charge is 0.185 e. The Bertz CT molecular complexity index is 149. The second-order valence-corrected chi connectivity index (χ2v) is 4.94. The van der Waals surface area contributed by atoms with Crippen LogP contribution in [-0.2, 0) is 9.47 Å². The fourth-order valence-corrected chi connectivity index (χ4v) is 1.07. The summed E-state index contributed by atoms with van der Waals surface area (Å²) in [5.74, 6) is 0.449. The van der Waals surface area contributed by atoms with Crippen LogP contribution in [0, 0.1) is 5.92 Å². The Morgan fingerprint density at radius 3 is 2.20 bits per heavy atom. The minimum Gasteiger partial charge on any atom is -0.385 e. The van der Waals surface area contributed by atoms with Gasteiger partial charge in [0, 0.05) is 6.61 Å². The normalized spacial score (nSPS) is 14.6. The number of aliphatic hydroxyl groups is 1. The van der Waals surface area contributed by atoms with Crippen LogP contribution in [-0.4, -0.2) is 30.2 Å². The molecule has 0 heterocycles. The molecule has 0 aliphatic carbocycles. The molecule has 0 aliphatic rings. The SMILES string of the molecule is CCCCOC(OCC(C)C)C(C)(C)O. The van der Waals surface area contributed by atoms with Crippen LogP contribution in [0.25, 0.3) is 0 Å². The lowest BCUT2D eigenvalue weighted by Crippen LogP contribution is -2.41. The second-order valence-electron chi connectivity index (χ2n) is 4.94. The molecule has 0 aromatic heterocycles. The van der Waals surface area contributed by atoms with Gasteiger partial charge in [-0.15, -0.1) is 0 Å². The summed E-state index contributed by atoms with van der Waals surface area (Å²) in [6.45, 7) is 10.9. The van der Waals surface area contributed by atoms with E-state index in [1.54, 1.807) is 13.8 Å². The lowest BCUT2D eigenvalue weighted by molar-refractivity contribution is -0.230. The van der Waals surface area contributed by atoms with Crippen LogP contribution in [0.15, 0.2) is 0 Å². The van der Waals surface area contributed by atoms with Crippen molar-refractivity contribution in [1.29, 1.82) is 0 Å². The predicted molar refractivity (Wildman–Crippen MR) is 61.7 cm³/mol. The van der Waals surface area contributed by atoms with E-state index in [2.05, 4.69) is 20.8 Å². The van der Waals surface area contributed by atoms with E-state index in [-0.39, 0.29) is 0 Å². The van der Waals surface area contributed by atoms with Crippen LogP contribution in [0.2, 0.25) is 0 Å². The molecule has 0 aromatic carbocycles. The molecule has 0 aliphatic heterocycles. The van der Waals surface area contributed by atoms with Gasteiger partial charge in [0.25, 0.3) is 0 Å². The molecule has 0 saturated carbocycles. The fourth-order valence-electron chi connectivity index (χ4n) is 1.07. The van der Waals surface area contributed by atoms with Gasteiger partial charge in [0.1, 0.15) is 5.60 Å². The zero-order valence-electron chi connectivity index (χ0n) is 10.7. The maximum atomic E-state index is 9.84. The highest BCUT2D eigenvalue weighted by molar-refractivity contribution is 4.70. The van der Waals surface area contributed by atoms with Gasteiger partial charge >= 0.3 is 0 Å². The Morgan fingerprint density at radius 2 is 1.80 bits per heavy atom. The third-order valence-corrected chi connectivity index (χ3v) is 1.92. The first-order valence-corrected chi connectivity index (χ1v) is 5.83. The van der Waals surface area contributed by atoms with Crippen LogP contribution >= 0.6 is 0 Å². The Labute approximate surface area is 93.8 Å². The maximum absolute atomic E-state index is 9.84. The van der Waals surface area contributed by atoms with Gasteiger partial charge in [-0.2, -0.15) is 0 Å². The van der Waals surface area contributed by atoms with Crippen molar-refractivity contribution in [2.45, 2.75) is 59.4 Å². The number of ether oxygens (including phenoxy) is 2. The minimum absolute atomic E-state index is 0.449. The predicted octanol–water partition coefficient (Wildman–Crippen LogP) is 2.57. The average Bonchev–Trinajstić information content (AvgIpc) is 2.08. The Hall–Kier alpha value is -0.120. The van der Waals surface area contributed by atoms with E-state index in [0.717, 1.165) is 12.8 Å². The molecule has 3 nitrogen and oxygen atoms in total. The molecule has 0 radical (unpaired) electrons. The van der Waals surface area contributed by atoms with Gasteiger partial charge in [-0.05, 0) is 26.2 Å². The summed E-state index contributed by atoms with van der Waals surface area (Å²) in [7, 11) is 0. The zero-order chi connectivity index (χ0) is 11.9. The molecule has 3 heteroatoms. The second kappa shape index (κ2) is 7.20. The van der Waals surface area contributed by atoms with Crippen molar-refractivity contribution in [3.05, 3.63) is 0 Å². The third-order valence-electron chi connectivity index (χ3n) is 1.92. The van der Waals surface area contributed by atoms with Crippen molar-refractivity contribution in [2.24, 2.45) is 5.92 Å². The van der Waals surface area contributed by atoms with E-state index in [1.807, 2.05) is 0 Å². The van der Waals surface area contributed by atoms with Crippen molar-refractivity contribution in [2.75, 3.05) is 13.2 Å². The summed E-state index contributed by atoms with van der Waals surface area (Å²) in [4.78, 5) is 0. The van der Waals surface area contributed by atoms with E-state index >= 15 is 0 Å². The van der Waals surface area contributed by atoms with E-state index in [9.17, 15) is 5.11 Å². The van der Waals surface area contributed by atoms with Gasteiger partial charge in [0.2, 0.25) is 0 Å². The first-order valence-electron chi connectivity index (χ1n) is 5.83. The Morgan fingerprint density at radius 1 is 1.20 bits per heavy atom. The summed E-state index contributed by atoms with van der Waals surface area (Å²) < 4.78 is 11.1. The zero-order valence-corrected chi connectivity index (χ0v) is 10.7. The van der Waals surface area contributed by atoms with Crippen LogP contribution in [0.3, 0.4) is 0 Å². The van der Waals surface area contributed by atoms with E-state index in [4.69, 9.17) is 9.47 Å². The van der Waals surface area contributed by atoms with E-state index in [1.165, 1.54) is 0 Å². The monoisotopic (exact) mass is 218 g/mol. The molecule has 0 aromatic rings. The molecule has 0 rings (SSSR count). The molecule has 0 amide bonds. The standard InChI is InChI=1S/C12H26O3/c1-6-7-8-14-11(12(4,5)13)15-9-10(2)3/h10-11,13H,6-9H2,1-5H3. The number of rotatable bonds is 8. The van der Waals surface area contributed by atoms with Crippen molar-refractivity contribution < 1.29 is 14.6 Å². The molecule has 1 unspecified atom stereocenters. The number of unbranched alkanes of at least 4 members (excludes halogenated alkanes) is 1. The lowest BCUT2D eigenvalue weighted by Gasteiger charge is -2.29. The fraction of sp³-hybridized carbons (Fsp3) is 1.00. The summed E-state index contributed by atoms with van der Waals surface area (Å²) >= 11 is 0. The molecule has 1 atom stereocenters. The number of hydrogen-bond acceptors (Lipinski definition) is 3. The molecule has 0 bridgehead atoms. The van der Waals surface area contributed by atoms with Gasteiger partial charge in [-0.3, -0.25) is 0 Å². The van der Waals surface area contributed by atoms with Crippen molar-refractivity contribution in [3.8, 4) is 0 Å². The lowest BCUT2D eigenvalue weighted by atomic mass is 10.1. The quantitative estimate of drug-likeness (QED) is 0.502. The molecule has 15 heavy (non-hydrogen) atoms. The van der Waals surface area contributed by atoms with Crippen LogP contribution in [0.5, 0.6) is 0 Å². The van der Waals surface area contributed by atoms with Crippen molar-refractivity contribution in [3.63, 3.8) is 0 Å². The molecule has 0 fully saturated rings. The third kappa shape index (κ3) is 7.77. The first-order chi connectivity index (χ1) is 6.88. The minimum atomic E-state index is -0.942. The van der Waals surface area contributed by atoms with E-state index < -0.39 is 11.9 Å². The summed E-state index contributed by atoms with van der Waals surface area (Å²) in [5, 5.41) is 9.84. The molecule has 0 saturated heterocycles. The Balaban J connectivity index is 3.96. The summed E-state index contributed by atoms with van der Waals surface area (Å²) in [6, 6.07) is 0. The van der Waals surface area contributed by atoms with Crippen molar-refractivity contribution >= 4 is 0 Å². The number of hydrogen-bond donors (Lipinski definition) is 1. The van der Waals surface area contributed by atoms with Crippen molar-refractivity contribution in [1.82, 2.24) is 0 Å². The van der Waals surface area contributed by atoms with Crippen LogP contribution in [0.1, 0.15) is 47.5 Å². The summed E-state index contributed by atoms with van der Waals surface area (Å²) in [5.41, 5.74) is -0.942. The molecule has 1 N–H and O–H groups in total. The van der Waals surface area contributed by atoms with Gasteiger partial charge in [-0.25, -0.2) is 0 Å². The molecule has 92 valence electrons. The van der Waals surface area contributed by atoms with Gasteiger partial charge < -0.3 is 14.6 Å². The largest absolute Gasteiger partial charge is 0.385 e. The van der Waals surface area contributed by atoms with Crippen LogP contribution < -0.4 is 0 Å². The first kappa shape index (κ1) is 14.9. The Kier molecular flexibility index (Phi) is 7.14. The van der Waals surface area contributed by atoms with Crippen LogP contribution in [0.4, 0.5) is 0 Å².